The lowest BCUT2D eigenvalue weighted by Crippen LogP contribution is -2.38. The van der Waals surface area contributed by atoms with Gasteiger partial charge in [0, 0.05) is 12.6 Å². The van der Waals surface area contributed by atoms with Gasteiger partial charge in [0.25, 0.3) is 0 Å². The Hall–Kier alpha value is -0.610. The maximum atomic E-state index is 10.7. The highest BCUT2D eigenvalue weighted by Crippen LogP contribution is 2.19. The Morgan fingerprint density at radius 2 is 2.00 bits per heavy atom. The summed E-state index contributed by atoms with van der Waals surface area (Å²) in [4.78, 5) is 10.7. The third-order valence-electron chi connectivity index (χ3n) is 3.61. The van der Waals surface area contributed by atoms with E-state index in [1.54, 1.807) is 6.92 Å². The van der Waals surface area contributed by atoms with Crippen molar-refractivity contribution in [3.63, 3.8) is 0 Å². The van der Waals surface area contributed by atoms with Gasteiger partial charge in [0.2, 0.25) is 0 Å². The van der Waals surface area contributed by atoms with Crippen molar-refractivity contribution in [2.24, 2.45) is 5.92 Å². The first-order chi connectivity index (χ1) is 8.11. The number of nitrogens with one attached hydrogen (secondary N) is 1. The molecule has 0 aromatic heterocycles. The zero-order chi connectivity index (χ0) is 12.7. The molecule has 0 aromatic carbocycles. The van der Waals surface area contributed by atoms with Crippen LogP contribution in [-0.4, -0.2) is 36.4 Å². The molecule has 0 amide bonds. The second kappa shape index (κ2) is 7.67. The van der Waals surface area contributed by atoms with E-state index < -0.39 is 5.97 Å². The summed E-state index contributed by atoms with van der Waals surface area (Å²) >= 11 is 0. The van der Waals surface area contributed by atoms with Crippen LogP contribution in [0.4, 0.5) is 0 Å². The molecule has 2 N–H and O–H groups in total. The lowest BCUT2D eigenvalue weighted by Gasteiger charge is -2.23. The molecule has 1 rings (SSSR count). The number of hydrogen-bond acceptors (Lipinski definition) is 3. The Kier molecular flexibility index (Phi) is 6.52. The molecule has 0 aromatic rings. The fourth-order valence-corrected chi connectivity index (χ4v) is 2.13. The van der Waals surface area contributed by atoms with Crippen LogP contribution in [0, 0.1) is 5.92 Å². The van der Waals surface area contributed by atoms with Crippen molar-refractivity contribution in [3.05, 3.63) is 0 Å². The highest BCUT2D eigenvalue weighted by molar-refractivity contribution is 5.70. The first kappa shape index (κ1) is 14.5. The van der Waals surface area contributed by atoms with Gasteiger partial charge in [0.15, 0.2) is 0 Å². The standard InChI is InChI=1S/C13H25NO3/c1-10(13(15)16)11(2)14-8-9-17-12-6-4-3-5-7-12/h10-12,14H,3-9H2,1-2H3,(H,15,16). The molecule has 0 spiro atoms. The van der Waals surface area contributed by atoms with Gasteiger partial charge in [-0.25, -0.2) is 0 Å². The molecule has 2 unspecified atom stereocenters. The fourth-order valence-electron chi connectivity index (χ4n) is 2.13. The van der Waals surface area contributed by atoms with E-state index in [1.165, 1.54) is 32.1 Å². The maximum Gasteiger partial charge on any atom is 0.307 e. The second-order valence-electron chi connectivity index (χ2n) is 5.00. The van der Waals surface area contributed by atoms with Crippen LogP contribution in [0.5, 0.6) is 0 Å². The molecule has 0 heterocycles. The smallest absolute Gasteiger partial charge is 0.307 e. The van der Waals surface area contributed by atoms with E-state index in [1.807, 2.05) is 6.92 Å². The van der Waals surface area contributed by atoms with Crippen LogP contribution in [0.3, 0.4) is 0 Å². The molecule has 0 bridgehead atoms. The number of aliphatic carboxylic acids is 1. The molecule has 0 aliphatic heterocycles. The minimum absolute atomic E-state index is 0.0116. The summed E-state index contributed by atoms with van der Waals surface area (Å²) in [6.07, 6.45) is 6.69. The number of carboxylic acid groups (broad SMARTS) is 1. The summed E-state index contributed by atoms with van der Waals surface area (Å²) in [6, 6.07) is -0.0116. The van der Waals surface area contributed by atoms with Crippen LogP contribution < -0.4 is 5.32 Å². The normalized spacial score (nSPS) is 21.1. The molecule has 0 saturated heterocycles. The van der Waals surface area contributed by atoms with Crippen molar-refractivity contribution < 1.29 is 14.6 Å². The Balaban J connectivity index is 2.04. The van der Waals surface area contributed by atoms with Gasteiger partial charge < -0.3 is 15.2 Å². The fraction of sp³-hybridized carbons (Fsp3) is 0.923. The molecule has 4 heteroatoms. The van der Waals surface area contributed by atoms with Crippen LogP contribution in [-0.2, 0) is 9.53 Å². The van der Waals surface area contributed by atoms with E-state index in [9.17, 15) is 4.79 Å². The summed E-state index contributed by atoms with van der Waals surface area (Å²) in [5, 5.41) is 12.0. The van der Waals surface area contributed by atoms with E-state index in [0.29, 0.717) is 12.7 Å². The number of carbonyl (C=O) groups is 1. The highest BCUT2D eigenvalue weighted by atomic mass is 16.5. The van der Waals surface area contributed by atoms with Gasteiger partial charge in [0.1, 0.15) is 0 Å². The summed E-state index contributed by atoms with van der Waals surface area (Å²) in [7, 11) is 0. The molecule has 4 nitrogen and oxygen atoms in total. The van der Waals surface area contributed by atoms with E-state index >= 15 is 0 Å². The third-order valence-corrected chi connectivity index (χ3v) is 3.61. The molecular weight excluding hydrogens is 218 g/mol. The van der Waals surface area contributed by atoms with Gasteiger partial charge in [-0.05, 0) is 19.8 Å². The van der Waals surface area contributed by atoms with Crippen LogP contribution in [0.2, 0.25) is 0 Å². The molecule has 2 atom stereocenters. The van der Waals surface area contributed by atoms with Gasteiger partial charge in [0.05, 0.1) is 18.6 Å². The Bertz CT molecular complexity index is 227. The van der Waals surface area contributed by atoms with Gasteiger partial charge in [-0.15, -0.1) is 0 Å². The predicted molar refractivity (Wildman–Crippen MR) is 67.1 cm³/mol. The monoisotopic (exact) mass is 243 g/mol. The minimum atomic E-state index is -0.752. The van der Waals surface area contributed by atoms with Crippen molar-refractivity contribution in [1.29, 1.82) is 0 Å². The first-order valence-corrected chi connectivity index (χ1v) is 6.69. The molecule has 1 fully saturated rings. The largest absolute Gasteiger partial charge is 0.481 e. The van der Waals surface area contributed by atoms with Gasteiger partial charge in [-0.2, -0.15) is 0 Å². The number of ether oxygens (including phenoxy) is 1. The summed E-state index contributed by atoms with van der Waals surface area (Å²) in [6.45, 7) is 5.04. The molecule has 17 heavy (non-hydrogen) atoms. The van der Waals surface area contributed by atoms with Crippen molar-refractivity contribution in [1.82, 2.24) is 5.32 Å². The molecular formula is C13H25NO3. The van der Waals surface area contributed by atoms with Crippen LogP contribution in [0.25, 0.3) is 0 Å². The van der Waals surface area contributed by atoms with Crippen LogP contribution in [0.15, 0.2) is 0 Å². The Labute approximate surface area is 104 Å². The van der Waals surface area contributed by atoms with Crippen molar-refractivity contribution >= 4 is 5.97 Å². The molecule has 100 valence electrons. The average Bonchev–Trinajstić information content (AvgIpc) is 2.34. The molecule has 0 radical (unpaired) electrons. The summed E-state index contributed by atoms with van der Waals surface area (Å²) in [5.41, 5.74) is 0. The number of carboxylic acids is 1. The van der Waals surface area contributed by atoms with Gasteiger partial charge in [-0.1, -0.05) is 26.2 Å². The lowest BCUT2D eigenvalue weighted by molar-refractivity contribution is -0.141. The maximum absolute atomic E-state index is 10.7. The predicted octanol–water partition coefficient (Wildman–Crippen LogP) is 2.03. The van der Waals surface area contributed by atoms with Crippen molar-refractivity contribution in [3.8, 4) is 0 Å². The van der Waals surface area contributed by atoms with E-state index in [0.717, 1.165) is 6.54 Å². The van der Waals surface area contributed by atoms with E-state index in [-0.39, 0.29) is 12.0 Å². The van der Waals surface area contributed by atoms with Crippen molar-refractivity contribution in [2.75, 3.05) is 13.2 Å². The summed E-state index contributed by atoms with van der Waals surface area (Å²) < 4.78 is 5.76. The Morgan fingerprint density at radius 1 is 1.35 bits per heavy atom. The highest BCUT2D eigenvalue weighted by Gasteiger charge is 2.18. The zero-order valence-corrected chi connectivity index (χ0v) is 10.9. The lowest BCUT2D eigenvalue weighted by atomic mass is 9.98. The van der Waals surface area contributed by atoms with Gasteiger partial charge in [-0.3, -0.25) is 4.79 Å². The quantitative estimate of drug-likeness (QED) is 0.672. The molecule has 1 aliphatic rings. The van der Waals surface area contributed by atoms with E-state index in [4.69, 9.17) is 9.84 Å². The minimum Gasteiger partial charge on any atom is -0.481 e. The third kappa shape index (κ3) is 5.50. The average molecular weight is 243 g/mol. The summed E-state index contributed by atoms with van der Waals surface area (Å²) in [5.74, 6) is -1.11. The topological polar surface area (TPSA) is 58.6 Å². The van der Waals surface area contributed by atoms with Crippen LogP contribution >= 0.6 is 0 Å². The molecule has 1 aliphatic carbocycles. The van der Waals surface area contributed by atoms with E-state index in [2.05, 4.69) is 5.32 Å². The number of rotatable bonds is 7. The van der Waals surface area contributed by atoms with Gasteiger partial charge >= 0.3 is 5.97 Å². The first-order valence-electron chi connectivity index (χ1n) is 6.69. The SMILES string of the molecule is CC(NCCOC1CCCCC1)C(C)C(=O)O. The zero-order valence-electron chi connectivity index (χ0n) is 10.9. The second-order valence-corrected chi connectivity index (χ2v) is 5.00. The van der Waals surface area contributed by atoms with Crippen LogP contribution in [0.1, 0.15) is 46.0 Å². The van der Waals surface area contributed by atoms with Crippen molar-refractivity contribution in [2.45, 2.75) is 58.1 Å². The Morgan fingerprint density at radius 3 is 2.59 bits per heavy atom. The molecule has 1 saturated carbocycles. The number of hydrogen-bond donors (Lipinski definition) is 2.